The van der Waals surface area contributed by atoms with E-state index >= 15 is 0 Å². The molecular weight excluding hydrogens is 272 g/mol. The highest BCUT2D eigenvalue weighted by Gasteiger charge is 2.30. The lowest BCUT2D eigenvalue weighted by atomic mass is 9.94. The Morgan fingerprint density at radius 3 is 2.81 bits per heavy atom. The second kappa shape index (κ2) is 7.75. The van der Waals surface area contributed by atoms with E-state index in [-0.39, 0.29) is 11.9 Å². The van der Waals surface area contributed by atoms with E-state index in [0.717, 1.165) is 25.7 Å². The van der Waals surface area contributed by atoms with Crippen molar-refractivity contribution in [2.45, 2.75) is 57.5 Å². The molecule has 1 fully saturated rings. The number of amides is 1. The molecule has 1 aliphatic rings. The van der Waals surface area contributed by atoms with Gasteiger partial charge in [0.2, 0.25) is 5.91 Å². The van der Waals surface area contributed by atoms with Gasteiger partial charge in [-0.3, -0.25) is 14.3 Å². The van der Waals surface area contributed by atoms with Crippen molar-refractivity contribution in [3.63, 3.8) is 0 Å². The van der Waals surface area contributed by atoms with Crippen LogP contribution >= 0.6 is 0 Å². The van der Waals surface area contributed by atoms with Gasteiger partial charge in [-0.15, -0.1) is 0 Å². The van der Waals surface area contributed by atoms with Gasteiger partial charge in [0.1, 0.15) is 12.7 Å². The SMILES string of the molecule is O=C(CCCn1cncn1)N[C@@H]1CCCCC[C@@H]1C(=O)O. The average Bonchev–Trinajstić information content (AvgIpc) is 2.84. The van der Waals surface area contributed by atoms with Gasteiger partial charge in [0.15, 0.2) is 0 Å². The summed E-state index contributed by atoms with van der Waals surface area (Å²) in [4.78, 5) is 27.1. The zero-order valence-electron chi connectivity index (χ0n) is 12.1. The fraction of sp³-hybridized carbons (Fsp3) is 0.714. The van der Waals surface area contributed by atoms with Crippen molar-refractivity contribution >= 4 is 11.9 Å². The normalized spacial score (nSPS) is 22.5. The maximum absolute atomic E-state index is 12.0. The molecule has 1 aromatic rings. The monoisotopic (exact) mass is 294 g/mol. The van der Waals surface area contributed by atoms with Gasteiger partial charge < -0.3 is 10.4 Å². The predicted molar refractivity (Wildman–Crippen MR) is 75.4 cm³/mol. The van der Waals surface area contributed by atoms with Crippen LogP contribution in [0.2, 0.25) is 0 Å². The number of carbonyl (C=O) groups is 2. The maximum Gasteiger partial charge on any atom is 0.308 e. The van der Waals surface area contributed by atoms with Crippen LogP contribution in [-0.4, -0.2) is 37.8 Å². The number of carboxylic acid groups (broad SMARTS) is 1. The van der Waals surface area contributed by atoms with E-state index in [9.17, 15) is 14.7 Å². The lowest BCUT2D eigenvalue weighted by Gasteiger charge is -2.22. The van der Waals surface area contributed by atoms with Gasteiger partial charge in [0.25, 0.3) is 0 Å². The molecule has 0 unspecified atom stereocenters. The van der Waals surface area contributed by atoms with E-state index < -0.39 is 11.9 Å². The van der Waals surface area contributed by atoms with Crippen LogP contribution in [0.15, 0.2) is 12.7 Å². The van der Waals surface area contributed by atoms with Crippen molar-refractivity contribution in [2.75, 3.05) is 0 Å². The first kappa shape index (κ1) is 15.5. The number of aliphatic carboxylic acids is 1. The highest BCUT2D eigenvalue weighted by atomic mass is 16.4. The van der Waals surface area contributed by atoms with Crippen molar-refractivity contribution in [1.82, 2.24) is 20.1 Å². The number of nitrogens with one attached hydrogen (secondary N) is 1. The molecule has 0 aliphatic heterocycles. The largest absolute Gasteiger partial charge is 0.481 e. The first-order chi connectivity index (χ1) is 10.2. The van der Waals surface area contributed by atoms with E-state index in [1.54, 1.807) is 11.0 Å². The number of carbonyl (C=O) groups excluding carboxylic acids is 1. The third-order valence-electron chi connectivity index (χ3n) is 3.94. The fourth-order valence-corrected chi connectivity index (χ4v) is 2.80. The Hall–Kier alpha value is -1.92. The third-order valence-corrected chi connectivity index (χ3v) is 3.94. The molecule has 1 aromatic heterocycles. The Bertz CT molecular complexity index is 461. The molecule has 7 heteroatoms. The number of aromatic nitrogens is 3. The molecule has 116 valence electrons. The maximum atomic E-state index is 12.0. The van der Waals surface area contributed by atoms with E-state index in [0.29, 0.717) is 25.8 Å². The molecule has 2 N–H and O–H groups in total. The summed E-state index contributed by atoms with van der Waals surface area (Å²) < 4.78 is 1.68. The van der Waals surface area contributed by atoms with Crippen molar-refractivity contribution in [3.8, 4) is 0 Å². The minimum atomic E-state index is -0.801. The average molecular weight is 294 g/mol. The lowest BCUT2D eigenvalue weighted by molar-refractivity contribution is -0.143. The van der Waals surface area contributed by atoms with Crippen LogP contribution in [0.4, 0.5) is 0 Å². The molecule has 1 aliphatic carbocycles. The summed E-state index contributed by atoms with van der Waals surface area (Å²) in [6.45, 7) is 0.639. The summed E-state index contributed by atoms with van der Waals surface area (Å²) in [5, 5.41) is 16.2. The van der Waals surface area contributed by atoms with Crippen LogP contribution in [0.1, 0.15) is 44.9 Å². The van der Waals surface area contributed by atoms with Crippen molar-refractivity contribution in [3.05, 3.63) is 12.7 Å². The zero-order valence-corrected chi connectivity index (χ0v) is 12.1. The van der Waals surface area contributed by atoms with Crippen LogP contribution in [0.25, 0.3) is 0 Å². The van der Waals surface area contributed by atoms with Gasteiger partial charge in [-0.25, -0.2) is 4.98 Å². The fourth-order valence-electron chi connectivity index (χ4n) is 2.80. The molecule has 7 nitrogen and oxygen atoms in total. The van der Waals surface area contributed by atoms with Gasteiger partial charge in [-0.05, 0) is 19.3 Å². The van der Waals surface area contributed by atoms with E-state index in [4.69, 9.17) is 0 Å². The molecular formula is C14H22N4O3. The molecule has 0 spiro atoms. The number of rotatable bonds is 6. The van der Waals surface area contributed by atoms with Gasteiger partial charge in [0.05, 0.1) is 5.92 Å². The first-order valence-corrected chi connectivity index (χ1v) is 7.51. The van der Waals surface area contributed by atoms with Crippen LogP contribution in [0.5, 0.6) is 0 Å². The van der Waals surface area contributed by atoms with Gasteiger partial charge in [-0.1, -0.05) is 19.3 Å². The second-order valence-electron chi connectivity index (χ2n) is 5.52. The lowest BCUT2D eigenvalue weighted by Crippen LogP contribution is -2.42. The second-order valence-corrected chi connectivity index (χ2v) is 5.52. The summed E-state index contributed by atoms with van der Waals surface area (Å²) in [5.74, 6) is -1.33. The van der Waals surface area contributed by atoms with Crippen LogP contribution in [0.3, 0.4) is 0 Å². The molecule has 0 aromatic carbocycles. The molecule has 0 radical (unpaired) electrons. The van der Waals surface area contributed by atoms with Gasteiger partial charge >= 0.3 is 5.97 Å². The van der Waals surface area contributed by atoms with Crippen LogP contribution in [0, 0.1) is 5.92 Å². The molecule has 2 rings (SSSR count). The Kier molecular flexibility index (Phi) is 5.71. The topological polar surface area (TPSA) is 97.1 Å². The quantitative estimate of drug-likeness (QED) is 0.769. The minimum Gasteiger partial charge on any atom is -0.481 e. The first-order valence-electron chi connectivity index (χ1n) is 7.51. The zero-order chi connectivity index (χ0) is 15.1. The Morgan fingerprint density at radius 2 is 2.10 bits per heavy atom. The number of hydrogen-bond donors (Lipinski definition) is 2. The van der Waals surface area contributed by atoms with Crippen molar-refractivity contribution < 1.29 is 14.7 Å². The molecule has 2 atom stereocenters. The van der Waals surface area contributed by atoms with Crippen molar-refractivity contribution in [1.29, 1.82) is 0 Å². The minimum absolute atomic E-state index is 0.0757. The molecule has 21 heavy (non-hydrogen) atoms. The summed E-state index contributed by atoms with van der Waals surface area (Å²) >= 11 is 0. The molecule has 1 amide bonds. The van der Waals surface area contributed by atoms with Gasteiger partial charge in [0, 0.05) is 19.0 Å². The summed E-state index contributed by atoms with van der Waals surface area (Å²) in [6, 6.07) is -0.233. The van der Waals surface area contributed by atoms with E-state index in [2.05, 4.69) is 15.4 Å². The summed E-state index contributed by atoms with van der Waals surface area (Å²) in [6.07, 6.45) is 8.48. The number of aryl methyl sites for hydroxylation is 1. The summed E-state index contributed by atoms with van der Waals surface area (Å²) in [5.41, 5.74) is 0. The number of nitrogens with zero attached hydrogens (tertiary/aromatic N) is 3. The molecule has 1 saturated carbocycles. The smallest absolute Gasteiger partial charge is 0.308 e. The number of carboxylic acids is 1. The molecule has 1 heterocycles. The van der Waals surface area contributed by atoms with Crippen LogP contribution in [-0.2, 0) is 16.1 Å². The van der Waals surface area contributed by atoms with Crippen LogP contribution < -0.4 is 5.32 Å². The Balaban J connectivity index is 1.77. The highest BCUT2D eigenvalue weighted by molar-refractivity contribution is 5.78. The predicted octanol–water partition coefficient (Wildman–Crippen LogP) is 1.21. The standard InChI is InChI=1S/C14H22N4O3/c19-13(7-4-8-18-10-15-9-16-18)17-12-6-3-1-2-5-11(12)14(20)21/h9-12H,1-8H2,(H,17,19)(H,20,21)/t11-,12+/m0/s1. The van der Waals surface area contributed by atoms with E-state index in [1.807, 2.05) is 0 Å². The number of hydrogen-bond acceptors (Lipinski definition) is 4. The molecule has 0 saturated heterocycles. The molecule has 0 bridgehead atoms. The Labute approximate surface area is 123 Å². The van der Waals surface area contributed by atoms with E-state index in [1.165, 1.54) is 6.33 Å². The highest BCUT2D eigenvalue weighted by Crippen LogP contribution is 2.24. The Morgan fingerprint density at radius 1 is 1.29 bits per heavy atom. The van der Waals surface area contributed by atoms with Gasteiger partial charge in [-0.2, -0.15) is 5.10 Å². The third kappa shape index (κ3) is 4.84. The summed E-state index contributed by atoms with van der Waals surface area (Å²) in [7, 11) is 0. The van der Waals surface area contributed by atoms with Crippen molar-refractivity contribution in [2.24, 2.45) is 5.92 Å².